The topological polar surface area (TPSA) is 26.3 Å². The zero-order chi connectivity index (χ0) is 16.7. The third kappa shape index (κ3) is 2.77. The Morgan fingerprint density at radius 3 is 3.00 bits per heavy atom. The van der Waals surface area contributed by atoms with Gasteiger partial charge in [0.25, 0.3) is 0 Å². The number of esters is 1. The fourth-order valence-electron chi connectivity index (χ4n) is 5.87. The molecule has 1 aromatic rings. The van der Waals surface area contributed by atoms with Crippen LogP contribution < -0.4 is 4.74 Å². The lowest BCUT2D eigenvalue weighted by Gasteiger charge is -2.49. The molecule has 0 amide bonds. The molecule has 0 bridgehead atoms. The fraction of sp³-hybridized carbons (Fsp3) is 0.667. The van der Waals surface area contributed by atoms with E-state index in [1.54, 1.807) is 0 Å². The molecule has 0 aliphatic heterocycles. The lowest BCUT2D eigenvalue weighted by atomic mass is 9.56. The van der Waals surface area contributed by atoms with E-state index in [0.717, 1.165) is 24.2 Å². The Labute approximate surface area is 149 Å². The van der Waals surface area contributed by atoms with Crippen molar-refractivity contribution in [2.75, 3.05) is 5.88 Å². The SMILES string of the molecule is C[C@@]12CCC[C@H]1[C@@H]1CCc3cc(OC(=O)CCCl)ccc3[C@H]1CC2. The molecular weight excluding hydrogens is 320 g/mol. The molecule has 0 spiro atoms. The van der Waals surface area contributed by atoms with Crippen molar-refractivity contribution in [3.63, 3.8) is 0 Å². The van der Waals surface area contributed by atoms with Gasteiger partial charge in [-0.3, -0.25) is 4.79 Å². The van der Waals surface area contributed by atoms with Crippen molar-refractivity contribution >= 4 is 17.6 Å². The molecule has 2 saturated carbocycles. The largest absolute Gasteiger partial charge is 0.426 e. The molecule has 0 heterocycles. The van der Waals surface area contributed by atoms with Crippen LogP contribution >= 0.6 is 11.6 Å². The number of carbonyl (C=O) groups is 1. The summed E-state index contributed by atoms with van der Waals surface area (Å²) in [5.41, 5.74) is 3.53. The Kier molecular flexibility index (Phi) is 4.36. The summed E-state index contributed by atoms with van der Waals surface area (Å²) in [5.74, 6) is 3.27. The zero-order valence-electron chi connectivity index (χ0n) is 14.5. The molecule has 4 atom stereocenters. The number of hydrogen-bond donors (Lipinski definition) is 0. The van der Waals surface area contributed by atoms with E-state index < -0.39 is 0 Å². The molecule has 24 heavy (non-hydrogen) atoms. The van der Waals surface area contributed by atoms with Crippen molar-refractivity contribution in [3.05, 3.63) is 29.3 Å². The minimum absolute atomic E-state index is 0.238. The van der Waals surface area contributed by atoms with Crippen LogP contribution in [-0.2, 0) is 11.2 Å². The van der Waals surface area contributed by atoms with Crippen LogP contribution in [0.4, 0.5) is 0 Å². The van der Waals surface area contributed by atoms with Gasteiger partial charge >= 0.3 is 5.97 Å². The molecule has 0 N–H and O–H groups in total. The van der Waals surface area contributed by atoms with E-state index in [-0.39, 0.29) is 12.4 Å². The van der Waals surface area contributed by atoms with Crippen LogP contribution in [0.15, 0.2) is 18.2 Å². The van der Waals surface area contributed by atoms with Crippen LogP contribution in [0.5, 0.6) is 5.75 Å². The van der Waals surface area contributed by atoms with Crippen LogP contribution in [0.2, 0.25) is 0 Å². The summed E-state index contributed by atoms with van der Waals surface area (Å²) in [5, 5.41) is 0. The second-order valence-corrected chi connectivity index (χ2v) is 8.65. The van der Waals surface area contributed by atoms with Gasteiger partial charge in [-0.2, -0.15) is 0 Å². The molecule has 130 valence electrons. The van der Waals surface area contributed by atoms with Crippen LogP contribution in [0, 0.1) is 17.3 Å². The Bertz CT molecular complexity index is 641. The first-order valence-corrected chi connectivity index (χ1v) is 10.0. The van der Waals surface area contributed by atoms with Crippen LogP contribution in [0.3, 0.4) is 0 Å². The number of hydrogen-bond acceptors (Lipinski definition) is 2. The van der Waals surface area contributed by atoms with Crippen molar-refractivity contribution in [2.45, 2.75) is 64.2 Å². The van der Waals surface area contributed by atoms with Gasteiger partial charge < -0.3 is 4.74 Å². The molecule has 0 radical (unpaired) electrons. The first kappa shape index (κ1) is 16.4. The summed E-state index contributed by atoms with van der Waals surface area (Å²) in [4.78, 5) is 11.7. The number of alkyl halides is 1. The molecular formula is C21H27ClO2. The molecule has 4 rings (SSSR count). The first-order valence-electron chi connectivity index (χ1n) is 9.50. The Morgan fingerprint density at radius 1 is 1.29 bits per heavy atom. The summed E-state index contributed by atoms with van der Waals surface area (Å²) in [6.45, 7) is 2.54. The molecule has 0 saturated heterocycles. The lowest BCUT2D eigenvalue weighted by molar-refractivity contribution is -0.133. The third-order valence-electron chi connectivity index (χ3n) is 7.01. The number of ether oxygens (including phenoxy) is 1. The summed E-state index contributed by atoms with van der Waals surface area (Å²) >= 11 is 5.61. The number of carbonyl (C=O) groups excluding carboxylic acids is 1. The van der Waals surface area contributed by atoms with E-state index in [4.69, 9.17) is 16.3 Å². The predicted molar refractivity (Wildman–Crippen MR) is 96.6 cm³/mol. The molecule has 3 aliphatic carbocycles. The average Bonchev–Trinajstić information content (AvgIpc) is 2.96. The number of benzene rings is 1. The molecule has 3 aliphatic rings. The second-order valence-electron chi connectivity index (χ2n) is 8.27. The second kappa shape index (κ2) is 6.37. The van der Waals surface area contributed by atoms with Gasteiger partial charge in [-0.05, 0) is 85.0 Å². The van der Waals surface area contributed by atoms with Gasteiger partial charge in [0.1, 0.15) is 5.75 Å². The van der Waals surface area contributed by atoms with Crippen molar-refractivity contribution < 1.29 is 9.53 Å². The van der Waals surface area contributed by atoms with Crippen LogP contribution in [0.25, 0.3) is 0 Å². The van der Waals surface area contributed by atoms with Gasteiger partial charge in [0.05, 0.1) is 6.42 Å². The number of rotatable bonds is 3. The predicted octanol–water partition coefficient (Wildman–Crippen LogP) is 5.47. The normalized spacial score (nSPS) is 34.2. The Hall–Kier alpha value is -1.02. The zero-order valence-corrected chi connectivity index (χ0v) is 15.3. The van der Waals surface area contributed by atoms with Gasteiger partial charge in [0.2, 0.25) is 0 Å². The first-order chi connectivity index (χ1) is 11.6. The third-order valence-corrected chi connectivity index (χ3v) is 7.20. The van der Waals surface area contributed by atoms with Gasteiger partial charge in [-0.15, -0.1) is 11.6 Å². The van der Waals surface area contributed by atoms with Crippen LogP contribution in [0.1, 0.15) is 68.9 Å². The summed E-state index contributed by atoms with van der Waals surface area (Å²) in [6.07, 6.45) is 9.70. The fourth-order valence-corrected chi connectivity index (χ4v) is 6.03. The van der Waals surface area contributed by atoms with Crippen LogP contribution in [-0.4, -0.2) is 11.8 Å². The number of halogens is 1. The standard InChI is InChI=1S/C21H27ClO2/c1-21-10-2-3-19(21)18-6-4-14-13-15(24-20(23)9-12-22)5-7-16(14)17(18)8-11-21/h5,7,13,17-19H,2-4,6,8-12H2,1H3/t17-,18-,19+,21+/m1/s1. The van der Waals surface area contributed by atoms with Gasteiger partial charge in [0.15, 0.2) is 0 Å². The van der Waals surface area contributed by atoms with E-state index in [9.17, 15) is 4.79 Å². The number of fused-ring (bicyclic) bond motifs is 5. The van der Waals surface area contributed by atoms with E-state index in [2.05, 4.69) is 19.1 Å². The molecule has 0 aromatic heterocycles. The Balaban J connectivity index is 1.56. The number of aryl methyl sites for hydroxylation is 1. The highest BCUT2D eigenvalue weighted by molar-refractivity contribution is 6.18. The molecule has 2 nitrogen and oxygen atoms in total. The molecule has 3 heteroatoms. The minimum atomic E-state index is -0.238. The van der Waals surface area contributed by atoms with Crippen molar-refractivity contribution in [1.82, 2.24) is 0 Å². The molecule has 2 fully saturated rings. The smallest absolute Gasteiger partial charge is 0.312 e. The average molecular weight is 347 g/mol. The maximum atomic E-state index is 11.7. The minimum Gasteiger partial charge on any atom is -0.426 e. The van der Waals surface area contributed by atoms with Gasteiger partial charge in [0, 0.05) is 5.88 Å². The van der Waals surface area contributed by atoms with E-state index in [1.165, 1.54) is 49.7 Å². The highest BCUT2D eigenvalue weighted by Crippen LogP contribution is 2.60. The van der Waals surface area contributed by atoms with Gasteiger partial charge in [-0.1, -0.05) is 19.4 Å². The monoisotopic (exact) mass is 346 g/mol. The molecule has 1 aromatic carbocycles. The summed E-state index contributed by atoms with van der Waals surface area (Å²) in [7, 11) is 0. The van der Waals surface area contributed by atoms with E-state index in [1.807, 2.05) is 6.07 Å². The summed E-state index contributed by atoms with van der Waals surface area (Å²) < 4.78 is 5.42. The lowest BCUT2D eigenvalue weighted by Crippen LogP contribution is -2.39. The maximum Gasteiger partial charge on any atom is 0.312 e. The van der Waals surface area contributed by atoms with E-state index in [0.29, 0.717) is 17.0 Å². The Morgan fingerprint density at radius 2 is 2.17 bits per heavy atom. The molecule has 0 unspecified atom stereocenters. The van der Waals surface area contributed by atoms with Crippen molar-refractivity contribution in [2.24, 2.45) is 17.3 Å². The van der Waals surface area contributed by atoms with Crippen molar-refractivity contribution in [3.8, 4) is 5.75 Å². The van der Waals surface area contributed by atoms with Gasteiger partial charge in [-0.25, -0.2) is 0 Å². The van der Waals surface area contributed by atoms with E-state index >= 15 is 0 Å². The maximum absolute atomic E-state index is 11.7. The highest BCUT2D eigenvalue weighted by Gasteiger charge is 2.50. The quantitative estimate of drug-likeness (QED) is 0.412. The summed E-state index contributed by atoms with van der Waals surface area (Å²) in [6, 6.07) is 6.31. The highest BCUT2D eigenvalue weighted by atomic mass is 35.5. The van der Waals surface area contributed by atoms with Crippen molar-refractivity contribution in [1.29, 1.82) is 0 Å².